The van der Waals surface area contributed by atoms with Gasteiger partial charge in [0.25, 0.3) is 0 Å². The van der Waals surface area contributed by atoms with Gasteiger partial charge in [-0.05, 0) is 53.9 Å². The maximum Gasteiger partial charge on any atom is 0.133 e. The second-order valence-electron chi connectivity index (χ2n) is 4.40. The number of ether oxygens (including phenoxy) is 1. The van der Waals surface area contributed by atoms with Crippen LogP contribution in [0.15, 0.2) is 22.7 Å². The van der Waals surface area contributed by atoms with Gasteiger partial charge in [0.1, 0.15) is 12.4 Å². The quantitative estimate of drug-likeness (QED) is 0.914. The van der Waals surface area contributed by atoms with Gasteiger partial charge in [-0.25, -0.2) is 0 Å². The molecule has 0 radical (unpaired) electrons. The second kappa shape index (κ2) is 4.99. The first-order valence-corrected chi connectivity index (χ1v) is 5.92. The van der Waals surface area contributed by atoms with E-state index in [0.29, 0.717) is 6.61 Å². The Balaban J connectivity index is 2.70. The molecule has 84 valence electrons. The predicted molar refractivity (Wildman–Crippen MR) is 67.3 cm³/mol. The molecule has 3 heteroatoms. The van der Waals surface area contributed by atoms with Crippen LogP contribution in [0.2, 0.25) is 0 Å². The third kappa shape index (κ3) is 4.22. The Labute approximate surface area is 99.9 Å². The minimum atomic E-state index is -0.303. The first-order chi connectivity index (χ1) is 6.92. The number of hydrogen-bond donors (Lipinski definition) is 1. The summed E-state index contributed by atoms with van der Waals surface area (Å²) in [5.74, 6) is 0.853. The van der Waals surface area contributed by atoms with Crippen LogP contribution in [-0.4, -0.2) is 12.1 Å². The molecule has 0 fully saturated rings. The SMILES string of the molecule is CCc1ccc(OCC(C)(C)N)c(Br)c1. The van der Waals surface area contributed by atoms with Gasteiger partial charge in [0, 0.05) is 5.54 Å². The number of hydrogen-bond acceptors (Lipinski definition) is 2. The highest BCUT2D eigenvalue weighted by atomic mass is 79.9. The second-order valence-corrected chi connectivity index (χ2v) is 5.25. The lowest BCUT2D eigenvalue weighted by Gasteiger charge is -2.19. The third-order valence-corrected chi connectivity index (χ3v) is 2.62. The Hall–Kier alpha value is -0.540. The van der Waals surface area contributed by atoms with Crippen molar-refractivity contribution < 1.29 is 4.74 Å². The van der Waals surface area contributed by atoms with E-state index in [0.717, 1.165) is 16.6 Å². The van der Waals surface area contributed by atoms with Crippen LogP contribution in [0.25, 0.3) is 0 Å². The fraction of sp³-hybridized carbons (Fsp3) is 0.500. The molecule has 1 rings (SSSR count). The zero-order valence-corrected chi connectivity index (χ0v) is 11.1. The van der Waals surface area contributed by atoms with Gasteiger partial charge < -0.3 is 10.5 Å². The average Bonchev–Trinajstić information content (AvgIpc) is 2.14. The highest BCUT2D eigenvalue weighted by Gasteiger charge is 2.12. The zero-order chi connectivity index (χ0) is 11.5. The van der Waals surface area contributed by atoms with E-state index in [9.17, 15) is 0 Å². The van der Waals surface area contributed by atoms with E-state index in [4.69, 9.17) is 10.5 Å². The molecule has 2 N–H and O–H groups in total. The van der Waals surface area contributed by atoms with Gasteiger partial charge in [-0.3, -0.25) is 0 Å². The fourth-order valence-electron chi connectivity index (χ4n) is 1.15. The molecule has 0 spiro atoms. The molecule has 2 nitrogen and oxygen atoms in total. The van der Waals surface area contributed by atoms with Crippen molar-refractivity contribution in [3.63, 3.8) is 0 Å². The lowest BCUT2D eigenvalue weighted by molar-refractivity contribution is 0.242. The highest BCUT2D eigenvalue weighted by molar-refractivity contribution is 9.10. The van der Waals surface area contributed by atoms with Crippen LogP contribution in [0.4, 0.5) is 0 Å². The summed E-state index contributed by atoms with van der Waals surface area (Å²) >= 11 is 3.49. The number of rotatable bonds is 4. The molecular formula is C12H18BrNO. The zero-order valence-electron chi connectivity index (χ0n) is 9.51. The van der Waals surface area contributed by atoms with Crippen LogP contribution in [0, 0.1) is 0 Å². The van der Waals surface area contributed by atoms with Crippen molar-refractivity contribution >= 4 is 15.9 Å². The van der Waals surface area contributed by atoms with E-state index in [1.54, 1.807) is 0 Å². The Bertz CT molecular complexity index is 331. The molecule has 15 heavy (non-hydrogen) atoms. The van der Waals surface area contributed by atoms with Gasteiger partial charge in [0.15, 0.2) is 0 Å². The first kappa shape index (κ1) is 12.5. The average molecular weight is 272 g/mol. The van der Waals surface area contributed by atoms with E-state index < -0.39 is 0 Å². The van der Waals surface area contributed by atoms with Gasteiger partial charge in [-0.15, -0.1) is 0 Å². The Kier molecular flexibility index (Phi) is 4.17. The van der Waals surface area contributed by atoms with Crippen molar-refractivity contribution in [2.24, 2.45) is 5.73 Å². The minimum Gasteiger partial charge on any atom is -0.491 e. The van der Waals surface area contributed by atoms with E-state index >= 15 is 0 Å². The van der Waals surface area contributed by atoms with Crippen molar-refractivity contribution in [2.75, 3.05) is 6.61 Å². The molecule has 0 saturated carbocycles. The molecule has 0 unspecified atom stereocenters. The Morgan fingerprint density at radius 2 is 2.07 bits per heavy atom. The van der Waals surface area contributed by atoms with Crippen LogP contribution < -0.4 is 10.5 Å². The van der Waals surface area contributed by atoms with Gasteiger partial charge in [0.05, 0.1) is 4.47 Å². The van der Waals surface area contributed by atoms with Crippen molar-refractivity contribution in [1.82, 2.24) is 0 Å². The molecular weight excluding hydrogens is 254 g/mol. The van der Waals surface area contributed by atoms with E-state index in [-0.39, 0.29) is 5.54 Å². The Morgan fingerprint density at radius 3 is 2.53 bits per heavy atom. The normalized spacial score (nSPS) is 11.5. The van der Waals surface area contributed by atoms with Gasteiger partial charge in [-0.1, -0.05) is 13.0 Å². The van der Waals surface area contributed by atoms with E-state index in [1.165, 1.54) is 5.56 Å². The monoisotopic (exact) mass is 271 g/mol. The maximum absolute atomic E-state index is 5.85. The summed E-state index contributed by atoms with van der Waals surface area (Å²) in [5, 5.41) is 0. The lowest BCUT2D eigenvalue weighted by atomic mass is 10.1. The summed E-state index contributed by atoms with van der Waals surface area (Å²) in [6.07, 6.45) is 1.03. The van der Waals surface area contributed by atoms with Crippen molar-refractivity contribution in [3.05, 3.63) is 28.2 Å². The van der Waals surface area contributed by atoms with Crippen molar-refractivity contribution in [3.8, 4) is 5.75 Å². The standard InChI is InChI=1S/C12H18BrNO/c1-4-9-5-6-11(10(13)7-9)15-8-12(2,3)14/h5-7H,4,8,14H2,1-3H3. The molecule has 0 aromatic heterocycles. The van der Waals surface area contributed by atoms with Crippen molar-refractivity contribution in [2.45, 2.75) is 32.7 Å². The molecule has 0 saturated heterocycles. The predicted octanol–water partition coefficient (Wildman–Crippen LogP) is 3.13. The number of benzene rings is 1. The van der Waals surface area contributed by atoms with Crippen LogP contribution in [0.3, 0.4) is 0 Å². The molecule has 0 aliphatic rings. The van der Waals surface area contributed by atoms with Gasteiger partial charge >= 0.3 is 0 Å². The maximum atomic E-state index is 5.85. The molecule has 0 amide bonds. The summed E-state index contributed by atoms with van der Waals surface area (Å²) in [4.78, 5) is 0. The van der Waals surface area contributed by atoms with Crippen LogP contribution in [-0.2, 0) is 6.42 Å². The molecule has 0 aliphatic heterocycles. The molecule has 1 aromatic rings. The van der Waals surface area contributed by atoms with Gasteiger partial charge in [0.2, 0.25) is 0 Å². The number of aryl methyl sites for hydroxylation is 1. The largest absolute Gasteiger partial charge is 0.491 e. The van der Waals surface area contributed by atoms with Crippen molar-refractivity contribution in [1.29, 1.82) is 0 Å². The van der Waals surface area contributed by atoms with E-state index in [1.807, 2.05) is 19.9 Å². The summed E-state index contributed by atoms with van der Waals surface area (Å²) in [6.45, 7) is 6.53. The molecule has 0 aliphatic carbocycles. The topological polar surface area (TPSA) is 35.2 Å². The fourth-order valence-corrected chi connectivity index (χ4v) is 1.69. The third-order valence-electron chi connectivity index (χ3n) is 2.00. The van der Waals surface area contributed by atoms with Crippen LogP contribution in [0.1, 0.15) is 26.3 Å². The first-order valence-electron chi connectivity index (χ1n) is 5.12. The van der Waals surface area contributed by atoms with E-state index in [2.05, 4.69) is 35.0 Å². The number of nitrogens with two attached hydrogens (primary N) is 1. The molecule has 0 atom stereocenters. The smallest absolute Gasteiger partial charge is 0.133 e. The summed E-state index contributed by atoms with van der Waals surface area (Å²) < 4.78 is 6.62. The lowest BCUT2D eigenvalue weighted by Crippen LogP contribution is -2.38. The van der Waals surface area contributed by atoms with Crippen LogP contribution in [0.5, 0.6) is 5.75 Å². The molecule has 1 aromatic carbocycles. The molecule has 0 bridgehead atoms. The minimum absolute atomic E-state index is 0.303. The summed E-state index contributed by atoms with van der Waals surface area (Å²) in [5.41, 5.74) is 6.84. The summed E-state index contributed by atoms with van der Waals surface area (Å²) in [6, 6.07) is 6.14. The van der Waals surface area contributed by atoms with Crippen LogP contribution >= 0.6 is 15.9 Å². The van der Waals surface area contributed by atoms with Gasteiger partial charge in [-0.2, -0.15) is 0 Å². The highest BCUT2D eigenvalue weighted by Crippen LogP contribution is 2.26. The summed E-state index contributed by atoms with van der Waals surface area (Å²) in [7, 11) is 0. The number of halogens is 1. The molecule has 0 heterocycles. The Morgan fingerprint density at radius 1 is 1.40 bits per heavy atom.